The SMILES string of the molecule is COc1cc(-c2nc3ccc(-c4ccc5c(c4)OCO5)cc3o2)cc(OC)c1OC(C)=O. The first-order valence-corrected chi connectivity index (χ1v) is 9.81. The number of methoxy groups -OCH3 is 2. The second-order valence-electron chi connectivity index (χ2n) is 7.07. The summed E-state index contributed by atoms with van der Waals surface area (Å²) in [6.45, 7) is 1.54. The summed E-state index contributed by atoms with van der Waals surface area (Å²) in [5.74, 6) is 2.22. The van der Waals surface area contributed by atoms with Gasteiger partial charge < -0.3 is 28.1 Å². The van der Waals surface area contributed by atoms with Crippen molar-refractivity contribution in [1.29, 1.82) is 0 Å². The highest BCUT2D eigenvalue weighted by atomic mass is 16.7. The number of nitrogens with zero attached hydrogens (tertiary/aromatic N) is 1. The van der Waals surface area contributed by atoms with Crippen LogP contribution in [0.25, 0.3) is 33.7 Å². The van der Waals surface area contributed by atoms with Crippen LogP contribution in [-0.4, -0.2) is 32.0 Å². The Morgan fingerprint density at radius 3 is 2.28 bits per heavy atom. The average Bonchev–Trinajstić information content (AvgIpc) is 3.44. The van der Waals surface area contributed by atoms with Crippen molar-refractivity contribution in [3.05, 3.63) is 48.5 Å². The largest absolute Gasteiger partial charge is 0.493 e. The number of carbonyl (C=O) groups excluding carboxylic acids is 1. The van der Waals surface area contributed by atoms with Crippen molar-refractivity contribution in [1.82, 2.24) is 4.98 Å². The third kappa shape index (κ3) is 3.45. The molecular weight excluding hydrogens is 414 g/mol. The number of hydrogen-bond acceptors (Lipinski definition) is 8. The fourth-order valence-electron chi connectivity index (χ4n) is 3.55. The second kappa shape index (κ2) is 7.81. The van der Waals surface area contributed by atoms with Crippen LogP contribution < -0.4 is 23.7 Å². The topological polar surface area (TPSA) is 89.2 Å². The quantitative estimate of drug-likeness (QED) is 0.327. The number of carbonyl (C=O) groups is 1. The molecule has 162 valence electrons. The van der Waals surface area contributed by atoms with E-state index in [1.807, 2.05) is 36.4 Å². The summed E-state index contributed by atoms with van der Waals surface area (Å²) in [6, 6.07) is 14.9. The van der Waals surface area contributed by atoms with Crippen LogP contribution in [0.2, 0.25) is 0 Å². The first kappa shape index (κ1) is 19.7. The highest BCUT2D eigenvalue weighted by Crippen LogP contribution is 2.42. The summed E-state index contributed by atoms with van der Waals surface area (Å²) in [5.41, 5.74) is 3.88. The van der Waals surface area contributed by atoms with Crippen LogP contribution in [-0.2, 0) is 4.79 Å². The third-order valence-electron chi connectivity index (χ3n) is 5.05. The average molecular weight is 433 g/mol. The van der Waals surface area contributed by atoms with Crippen molar-refractivity contribution in [3.8, 4) is 51.3 Å². The maximum atomic E-state index is 11.5. The normalized spacial score (nSPS) is 12.1. The van der Waals surface area contributed by atoms with Gasteiger partial charge in [0.15, 0.2) is 28.6 Å². The lowest BCUT2D eigenvalue weighted by Crippen LogP contribution is -2.05. The number of fused-ring (bicyclic) bond motifs is 2. The molecule has 8 nitrogen and oxygen atoms in total. The van der Waals surface area contributed by atoms with Gasteiger partial charge in [0.1, 0.15) is 5.52 Å². The van der Waals surface area contributed by atoms with Gasteiger partial charge in [-0.3, -0.25) is 4.79 Å². The lowest BCUT2D eigenvalue weighted by Gasteiger charge is -2.13. The van der Waals surface area contributed by atoms with Gasteiger partial charge >= 0.3 is 5.97 Å². The van der Waals surface area contributed by atoms with Crippen LogP contribution in [0.15, 0.2) is 52.9 Å². The van der Waals surface area contributed by atoms with Gasteiger partial charge in [-0.2, -0.15) is 0 Å². The molecule has 0 saturated carbocycles. The number of benzene rings is 3. The van der Waals surface area contributed by atoms with Crippen molar-refractivity contribution >= 4 is 17.1 Å². The summed E-state index contributed by atoms with van der Waals surface area (Å²) in [7, 11) is 2.96. The molecule has 0 unspecified atom stereocenters. The maximum Gasteiger partial charge on any atom is 0.308 e. The monoisotopic (exact) mass is 433 g/mol. The van der Waals surface area contributed by atoms with Crippen LogP contribution in [0, 0.1) is 0 Å². The molecule has 1 aliphatic heterocycles. The van der Waals surface area contributed by atoms with Crippen molar-refractivity contribution in [2.24, 2.45) is 0 Å². The highest BCUT2D eigenvalue weighted by molar-refractivity contribution is 5.83. The van der Waals surface area contributed by atoms with Gasteiger partial charge in [0, 0.05) is 12.5 Å². The van der Waals surface area contributed by atoms with Gasteiger partial charge in [-0.05, 0) is 47.5 Å². The molecule has 8 heteroatoms. The summed E-state index contributed by atoms with van der Waals surface area (Å²) in [5, 5.41) is 0. The van der Waals surface area contributed by atoms with E-state index < -0.39 is 5.97 Å². The lowest BCUT2D eigenvalue weighted by atomic mass is 10.0. The Balaban J connectivity index is 1.55. The van der Waals surface area contributed by atoms with E-state index in [-0.39, 0.29) is 12.5 Å². The summed E-state index contributed by atoms with van der Waals surface area (Å²) < 4.78 is 32.9. The van der Waals surface area contributed by atoms with E-state index in [1.165, 1.54) is 21.1 Å². The lowest BCUT2D eigenvalue weighted by molar-refractivity contribution is -0.132. The molecule has 1 aromatic heterocycles. The summed E-state index contributed by atoms with van der Waals surface area (Å²) >= 11 is 0. The van der Waals surface area contributed by atoms with Gasteiger partial charge in [-0.1, -0.05) is 12.1 Å². The van der Waals surface area contributed by atoms with Crippen molar-refractivity contribution < 1.29 is 32.9 Å². The van der Waals surface area contributed by atoms with E-state index in [4.69, 9.17) is 28.1 Å². The Bertz CT molecular complexity index is 1320. The molecule has 3 aromatic carbocycles. The highest BCUT2D eigenvalue weighted by Gasteiger charge is 2.20. The van der Waals surface area contributed by atoms with Gasteiger partial charge in [-0.15, -0.1) is 0 Å². The Morgan fingerprint density at radius 2 is 1.56 bits per heavy atom. The molecule has 2 heterocycles. The standard InChI is InChI=1S/C24H19NO7/c1-13(26)31-23-21(27-2)10-16(11-22(23)28-3)24-25-17-6-4-14(8-19(17)32-24)15-5-7-18-20(9-15)30-12-29-18/h4-11H,12H2,1-3H3. The molecule has 0 atom stereocenters. The van der Waals surface area contributed by atoms with Crippen LogP contribution in [0.4, 0.5) is 0 Å². The Kier molecular flexibility index (Phi) is 4.82. The van der Waals surface area contributed by atoms with Crippen molar-refractivity contribution in [2.45, 2.75) is 6.92 Å². The number of aromatic nitrogens is 1. The molecule has 0 fully saturated rings. The zero-order chi connectivity index (χ0) is 22.2. The number of oxazole rings is 1. The first-order valence-electron chi connectivity index (χ1n) is 9.81. The minimum atomic E-state index is -0.479. The van der Waals surface area contributed by atoms with Gasteiger partial charge in [0.05, 0.1) is 14.2 Å². The minimum Gasteiger partial charge on any atom is -0.493 e. The number of esters is 1. The molecule has 32 heavy (non-hydrogen) atoms. The Morgan fingerprint density at radius 1 is 0.875 bits per heavy atom. The Hall–Kier alpha value is -4.20. The van der Waals surface area contributed by atoms with E-state index in [0.29, 0.717) is 39.8 Å². The molecule has 4 aromatic rings. The molecule has 0 spiro atoms. The van der Waals surface area contributed by atoms with Gasteiger partial charge in [0.2, 0.25) is 18.4 Å². The Labute approximate surface area is 183 Å². The molecular formula is C24H19NO7. The third-order valence-corrected chi connectivity index (χ3v) is 5.05. The van der Waals surface area contributed by atoms with Crippen molar-refractivity contribution in [2.75, 3.05) is 21.0 Å². The van der Waals surface area contributed by atoms with Crippen molar-refractivity contribution in [3.63, 3.8) is 0 Å². The van der Waals surface area contributed by atoms with E-state index in [1.54, 1.807) is 12.1 Å². The molecule has 0 radical (unpaired) electrons. The number of ether oxygens (including phenoxy) is 5. The second-order valence-corrected chi connectivity index (χ2v) is 7.07. The zero-order valence-electron chi connectivity index (χ0n) is 17.6. The van der Waals surface area contributed by atoms with E-state index in [9.17, 15) is 4.79 Å². The minimum absolute atomic E-state index is 0.201. The predicted molar refractivity (Wildman–Crippen MR) is 115 cm³/mol. The zero-order valence-corrected chi connectivity index (χ0v) is 17.6. The molecule has 0 N–H and O–H groups in total. The summed E-state index contributed by atoms with van der Waals surface area (Å²) in [6.07, 6.45) is 0. The van der Waals surface area contributed by atoms with E-state index >= 15 is 0 Å². The van der Waals surface area contributed by atoms with Crippen LogP contribution in [0.1, 0.15) is 6.92 Å². The fraction of sp³-hybridized carbons (Fsp3) is 0.167. The smallest absolute Gasteiger partial charge is 0.308 e. The molecule has 5 rings (SSSR count). The number of rotatable bonds is 5. The molecule has 0 bridgehead atoms. The first-order chi connectivity index (χ1) is 15.6. The van der Waals surface area contributed by atoms with Crippen LogP contribution in [0.3, 0.4) is 0 Å². The number of hydrogen-bond donors (Lipinski definition) is 0. The van der Waals surface area contributed by atoms with Crippen LogP contribution in [0.5, 0.6) is 28.7 Å². The molecule has 0 aliphatic carbocycles. The predicted octanol–water partition coefficient (Wildman–Crippen LogP) is 4.83. The van der Waals surface area contributed by atoms with E-state index in [0.717, 1.165) is 16.9 Å². The van der Waals surface area contributed by atoms with Gasteiger partial charge in [-0.25, -0.2) is 4.98 Å². The molecule has 0 saturated heterocycles. The van der Waals surface area contributed by atoms with Crippen LogP contribution >= 0.6 is 0 Å². The van der Waals surface area contributed by atoms with Gasteiger partial charge in [0.25, 0.3) is 0 Å². The van der Waals surface area contributed by atoms with E-state index in [2.05, 4.69) is 4.98 Å². The summed E-state index contributed by atoms with van der Waals surface area (Å²) in [4.78, 5) is 16.0. The fourth-order valence-corrected chi connectivity index (χ4v) is 3.55. The molecule has 1 aliphatic rings. The molecule has 0 amide bonds. The maximum absolute atomic E-state index is 11.5.